The average molecular weight is 182 g/mol. The van der Waals surface area contributed by atoms with Gasteiger partial charge >= 0.3 is 0 Å². The van der Waals surface area contributed by atoms with E-state index in [1.54, 1.807) is 6.08 Å². The van der Waals surface area contributed by atoms with Crippen molar-refractivity contribution in [3.63, 3.8) is 0 Å². The standard InChI is InChI=1S/C6H9Cl2NO/c7-6(8)1-2-9-3-5(10)4-9/h1,5,10H,2-4H2. The van der Waals surface area contributed by atoms with Crippen molar-refractivity contribution in [1.29, 1.82) is 0 Å². The van der Waals surface area contributed by atoms with Gasteiger partial charge in [0.1, 0.15) is 4.49 Å². The first-order valence-electron chi connectivity index (χ1n) is 3.10. The maximum Gasteiger partial charge on any atom is 0.104 e. The van der Waals surface area contributed by atoms with Gasteiger partial charge in [-0.05, 0) is 6.08 Å². The van der Waals surface area contributed by atoms with E-state index in [1.165, 1.54) is 0 Å². The predicted molar refractivity (Wildman–Crippen MR) is 42.2 cm³/mol. The lowest BCUT2D eigenvalue weighted by Crippen LogP contribution is -2.50. The van der Waals surface area contributed by atoms with Gasteiger partial charge in [0.15, 0.2) is 0 Å². The topological polar surface area (TPSA) is 23.5 Å². The van der Waals surface area contributed by atoms with Gasteiger partial charge in [-0.2, -0.15) is 0 Å². The molecule has 1 fully saturated rings. The first-order chi connectivity index (χ1) is 4.68. The van der Waals surface area contributed by atoms with Crippen molar-refractivity contribution in [2.24, 2.45) is 0 Å². The molecule has 0 aromatic rings. The maximum absolute atomic E-state index is 8.86. The summed E-state index contributed by atoms with van der Waals surface area (Å²) in [6.45, 7) is 2.20. The average Bonchev–Trinajstić information content (AvgIpc) is 1.77. The Labute approximate surface area is 70.0 Å². The van der Waals surface area contributed by atoms with Crippen LogP contribution in [0.2, 0.25) is 0 Å². The van der Waals surface area contributed by atoms with Crippen LogP contribution in [0.5, 0.6) is 0 Å². The molecule has 1 aliphatic heterocycles. The van der Waals surface area contributed by atoms with E-state index in [0.717, 1.165) is 19.6 Å². The van der Waals surface area contributed by atoms with Gasteiger partial charge in [-0.1, -0.05) is 23.2 Å². The molecule has 4 heteroatoms. The Morgan fingerprint density at radius 2 is 2.20 bits per heavy atom. The minimum atomic E-state index is -0.150. The molecule has 58 valence electrons. The molecule has 0 bridgehead atoms. The molecule has 1 saturated heterocycles. The molecule has 1 heterocycles. The zero-order valence-electron chi connectivity index (χ0n) is 5.43. The van der Waals surface area contributed by atoms with Crippen LogP contribution in [-0.4, -0.2) is 35.7 Å². The molecule has 0 amide bonds. The van der Waals surface area contributed by atoms with E-state index in [4.69, 9.17) is 28.3 Å². The highest BCUT2D eigenvalue weighted by atomic mass is 35.5. The predicted octanol–water partition coefficient (Wildman–Crippen LogP) is 0.982. The van der Waals surface area contributed by atoms with Gasteiger partial charge in [-0.3, -0.25) is 4.90 Å². The van der Waals surface area contributed by atoms with E-state index in [9.17, 15) is 0 Å². The van der Waals surface area contributed by atoms with Crippen molar-refractivity contribution in [3.8, 4) is 0 Å². The summed E-state index contributed by atoms with van der Waals surface area (Å²) >= 11 is 10.8. The number of likely N-dealkylation sites (tertiary alicyclic amines) is 1. The number of nitrogens with zero attached hydrogens (tertiary/aromatic N) is 1. The molecule has 0 saturated carbocycles. The SMILES string of the molecule is OC1CN(CC=C(Cl)Cl)C1. The number of β-amino-alcohol motifs (C(OH)–C–C–N with tert-alkyl or cyclic N) is 1. The van der Waals surface area contributed by atoms with E-state index < -0.39 is 0 Å². The monoisotopic (exact) mass is 181 g/mol. The van der Waals surface area contributed by atoms with Gasteiger partial charge in [0.2, 0.25) is 0 Å². The lowest BCUT2D eigenvalue weighted by Gasteiger charge is -2.34. The molecule has 10 heavy (non-hydrogen) atoms. The smallest absolute Gasteiger partial charge is 0.104 e. The molecule has 1 N–H and O–H groups in total. The van der Waals surface area contributed by atoms with Gasteiger partial charge in [0.05, 0.1) is 6.10 Å². The fourth-order valence-electron chi connectivity index (χ4n) is 0.890. The summed E-state index contributed by atoms with van der Waals surface area (Å²) in [5.41, 5.74) is 0. The number of halogens is 2. The summed E-state index contributed by atoms with van der Waals surface area (Å²) in [5.74, 6) is 0. The first kappa shape index (κ1) is 8.34. The highest BCUT2D eigenvalue weighted by molar-refractivity contribution is 6.55. The van der Waals surface area contributed by atoms with Crippen molar-refractivity contribution in [2.75, 3.05) is 19.6 Å². The van der Waals surface area contributed by atoms with Crippen LogP contribution in [-0.2, 0) is 0 Å². The lowest BCUT2D eigenvalue weighted by atomic mass is 10.2. The molecule has 0 atom stereocenters. The van der Waals surface area contributed by atoms with Crippen molar-refractivity contribution in [1.82, 2.24) is 4.90 Å². The summed E-state index contributed by atoms with van der Waals surface area (Å²) in [4.78, 5) is 2.05. The van der Waals surface area contributed by atoms with Crippen LogP contribution in [0, 0.1) is 0 Å². The van der Waals surface area contributed by atoms with Gasteiger partial charge in [-0.15, -0.1) is 0 Å². The Bertz CT molecular complexity index is 139. The summed E-state index contributed by atoms with van der Waals surface area (Å²) in [5, 5.41) is 8.86. The fourth-order valence-corrected chi connectivity index (χ4v) is 1.03. The molecule has 0 aromatic heterocycles. The number of hydrogen-bond donors (Lipinski definition) is 1. The lowest BCUT2D eigenvalue weighted by molar-refractivity contribution is 0.00981. The third-order valence-electron chi connectivity index (χ3n) is 1.44. The molecular weight excluding hydrogens is 173 g/mol. The van der Waals surface area contributed by atoms with Crippen LogP contribution < -0.4 is 0 Å². The minimum absolute atomic E-state index is 0.150. The molecular formula is C6H9Cl2NO. The Balaban J connectivity index is 2.11. The zero-order chi connectivity index (χ0) is 7.56. The van der Waals surface area contributed by atoms with E-state index >= 15 is 0 Å². The fraction of sp³-hybridized carbons (Fsp3) is 0.667. The van der Waals surface area contributed by atoms with Crippen molar-refractivity contribution in [3.05, 3.63) is 10.6 Å². The second-order valence-electron chi connectivity index (χ2n) is 2.37. The summed E-state index contributed by atoms with van der Waals surface area (Å²) in [6.07, 6.45) is 1.57. The normalized spacial score (nSPS) is 20.3. The number of hydrogen-bond acceptors (Lipinski definition) is 2. The van der Waals surface area contributed by atoms with Gasteiger partial charge < -0.3 is 5.11 Å². The molecule has 2 nitrogen and oxygen atoms in total. The second kappa shape index (κ2) is 3.58. The Morgan fingerprint density at radius 3 is 2.60 bits per heavy atom. The molecule has 1 rings (SSSR count). The summed E-state index contributed by atoms with van der Waals surface area (Å²) in [7, 11) is 0. The first-order valence-corrected chi connectivity index (χ1v) is 3.85. The van der Waals surface area contributed by atoms with Gasteiger partial charge in [0, 0.05) is 19.6 Å². The molecule has 0 spiro atoms. The van der Waals surface area contributed by atoms with Gasteiger partial charge in [-0.25, -0.2) is 0 Å². The Hall–Kier alpha value is 0.240. The number of rotatable bonds is 2. The third kappa shape index (κ3) is 2.46. The van der Waals surface area contributed by atoms with E-state index in [1.807, 2.05) is 0 Å². The summed E-state index contributed by atoms with van der Waals surface area (Å²) < 4.78 is 0.293. The van der Waals surface area contributed by atoms with Crippen LogP contribution in [0.4, 0.5) is 0 Å². The quantitative estimate of drug-likeness (QED) is 0.688. The second-order valence-corrected chi connectivity index (χ2v) is 3.37. The van der Waals surface area contributed by atoms with Crippen LogP contribution in [0.3, 0.4) is 0 Å². The molecule has 1 aliphatic rings. The number of aliphatic hydroxyl groups is 1. The highest BCUT2D eigenvalue weighted by Gasteiger charge is 2.22. The van der Waals surface area contributed by atoms with Crippen molar-refractivity contribution < 1.29 is 5.11 Å². The van der Waals surface area contributed by atoms with Gasteiger partial charge in [0.25, 0.3) is 0 Å². The third-order valence-corrected chi connectivity index (χ3v) is 1.75. The van der Waals surface area contributed by atoms with Crippen molar-refractivity contribution >= 4 is 23.2 Å². The molecule has 0 radical (unpaired) electrons. The molecule has 0 aromatic carbocycles. The minimum Gasteiger partial charge on any atom is -0.390 e. The van der Waals surface area contributed by atoms with E-state index in [0.29, 0.717) is 4.49 Å². The van der Waals surface area contributed by atoms with Crippen LogP contribution in [0.1, 0.15) is 0 Å². The summed E-state index contributed by atoms with van der Waals surface area (Å²) in [6, 6.07) is 0. The van der Waals surface area contributed by atoms with E-state index in [2.05, 4.69) is 4.90 Å². The largest absolute Gasteiger partial charge is 0.390 e. The van der Waals surface area contributed by atoms with Crippen LogP contribution in [0.15, 0.2) is 10.6 Å². The zero-order valence-corrected chi connectivity index (χ0v) is 6.94. The molecule has 0 unspecified atom stereocenters. The van der Waals surface area contributed by atoms with Crippen LogP contribution >= 0.6 is 23.2 Å². The molecule has 0 aliphatic carbocycles. The maximum atomic E-state index is 8.86. The number of aliphatic hydroxyl groups excluding tert-OH is 1. The Kier molecular flexibility index (Phi) is 2.98. The van der Waals surface area contributed by atoms with Crippen molar-refractivity contribution in [2.45, 2.75) is 6.10 Å². The highest BCUT2D eigenvalue weighted by Crippen LogP contribution is 2.10. The Morgan fingerprint density at radius 1 is 1.60 bits per heavy atom. The van der Waals surface area contributed by atoms with Crippen LogP contribution in [0.25, 0.3) is 0 Å². The van der Waals surface area contributed by atoms with E-state index in [-0.39, 0.29) is 6.10 Å².